The first-order valence-electron chi connectivity index (χ1n) is 6.46. The van der Waals surface area contributed by atoms with E-state index in [0.29, 0.717) is 17.0 Å². The van der Waals surface area contributed by atoms with Gasteiger partial charge in [-0.15, -0.1) is 0 Å². The van der Waals surface area contributed by atoms with E-state index in [2.05, 4.69) is 0 Å². The van der Waals surface area contributed by atoms with Crippen LogP contribution in [0, 0.1) is 12.8 Å². The third-order valence-electron chi connectivity index (χ3n) is 3.68. The molecule has 1 aliphatic rings. The Morgan fingerprint density at radius 1 is 1.35 bits per heavy atom. The van der Waals surface area contributed by atoms with Crippen molar-refractivity contribution in [2.24, 2.45) is 5.92 Å². The number of hydrogen-bond donors (Lipinski definition) is 0. The molecule has 2 heteroatoms. The molecule has 0 unspecified atom stereocenters. The molecule has 1 fully saturated rings. The zero-order valence-corrected chi connectivity index (χ0v) is 11.1. The molecule has 1 aliphatic carbocycles. The van der Waals surface area contributed by atoms with Gasteiger partial charge < -0.3 is 0 Å². The third-order valence-corrected chi connectivity index (χ3v) is 3.99. The van der Waals surface area contributed by atoms with Crippen LogP contribution in [0.15, 0.2) is 18.2 Å². The Kier molecular flexibility index (Phi) is 4.22. The average Bonchev–Trinajstić information content (AvgIpc) is 2.78. The molecule has 0 aliphatic heterocycles. The summed E-state index contributed by atoms with van der Waals surface area (Å²) in [6, 6.07) is 5.67. The molecule has 0 atom stereocenters. The van der Waals surface area contributed by atoms with E-state index in [-0.39, 0.29) is 5.78 Å². The lowest BCUT2D eigenvalue weighted by molar-refractivity contribution is 0.0974. The zero-order chi connectivity index (χ0) is 12.3. The highest BCUT2D eigenvalue weighted by Gasteiger charge is 2.17. The number of halogens is 1. The summed E-state index contributed by atoms with van der Waals surface area (Å²) in [6.07, 6.45) is 6.95. The molecule has 2 rings (SSSR count). The Morgan fingerprint density at radius 2 is 2.06 bits per heavy atom. The molecule has 0 amide bonds. The maximum atomic E-state index is 12.0. The van der Waals surface area contributed by atoms with E-state index in [9.17, 15) is 4.79 Å². The molecule has 0 N–H and O–H groups in total. The lowest BCUT2D eigenvalue weighted by atomic mass is 9.97. The summed E-state index contributed by atoms with van der Waals surface area (Å²) in [6.45, 7) is 1.98. The monoisotopic (exact) mass is 250 g/mol. The maximum absolute atomic E-state index is 12.0. The molecule has 1 aromatic carbocycles. The number of carbonyl (C=O) groups excluding carboxylic acids is 1. The van der Waals surface area contributed by atoms with Crippen LogP contribution >= 0.6 is 11.6 Å². The summed E-state index contributed by atoms with van der Waals surface area (Å²) < 4.78 is 0. The van der Waals surface area contributed by atoms with Crippen LogP contribution in [0.3, 0.4) is 0 Å². The van der Waals surface area contributed by atoms with Crippen LogP contribution in [0.25, 0.3) is 0 Å². The molecule has 0 heterocycles. The van der Waals surface area contributed by atoms with Gasteiger partial charge in [-0.3, -0.25) is 4.79 Å². The van der Waals surface area contributed by atoms with E-state index >= 15 is 0 Å². The molecule has 0 bridgehead atoms. The predicted octanol–water partition coefficient (Wildman–Crippen LogP) is 4.80. The number of carbonyl (C=O) groups is 1. The summed E-state index contributed by atoms with van der Waals surface area (Å²) in [4.78, 5) is 12.0. The molecule has 1 aromatic rings. The van der Waals surface area contributed by atoms with Gasteiger partial charge in [0.05, 0.1) is 5.02 Å². The summed E-state index contributed by atoms with van der Waals surface area (Å²) >= 11 is 6.10. The Balaban J connectivity index is 1.94. The fourth-order valence-electron chi connectivity index (χ4n) is 2.62. The average molecular weight is 251 g/mol. The van der Waals surface area contributed by atoms with E-state index in [1.807, 2.05) is 25.1 Å². The van der Waals surface area contributed by atoms with Crippen LogP contribution < -0.4 is 0 Å². The predicted molar refractivity (Wildman–Crippen MR) is 71.7 cm³/mol. The standard InChI is InChI=1S/C15H19ClO/c1-11-6-8-13(14(16)10-11)15(17)9-7-12-4-2-3-5-12/h6,8,10,12H,2-5,7,9H2,1H3. The summed E-state index contributed by atoms with van der Waals surface area (Å²) in [7, 11) is 0. The third kappa shape index (κ3) is 3.32. The van der Waals surface area contributed by atoms with Crippen molar-refractivity contribution in [1.29, 1.82) is 0 Å². The number of Topliss-reactive ketones (excluding diaryl/α,β-unsaturated/α-hetero) is 1. The van der Waals surface area contributed by atoms with E-state index in [4.69, 9.17) is 11.6 Å². The molecule has 0 radical (unpaired) electrons. The second-order valence-electron chi connectivity index (χ2n) is 5.10. The molecule has 1 saturated carbocycles. The normalized spacial score (nSPS) is 16.4. The van der Waals surface area contributed by atoms with Gasteiger partial charge in [-0.05, 0) is 37.0 Å². The lowest BCUT2D eigenvalue weighted by Gasteiger charge is -2.08. The van der Waals surface area contributed by atoms with E-state index in [1.165, 1.54) is 25.7 Å². The van der Waals surface area contributed by atoms with Crippen molar-refractivity contribution in [2.45, 2.75) is 45.4 Å². The van der Waals surface area contributed by atoms with Gasteiger partial charge in [0.1, 0.15) is 0 Å². The maximum Gasteiger partial charge on any atom is 0.164 e. The minimum absolute atomic E-state index is 0.196. The SMILES string of the molecule is Cc1ccc(C(=O)CCC2CCCC2)c(Cl)c1. The molecule has 0 spiro atoms. The van der Waals surface area contributed by atoms with Gasteiger partial charge in [0, 0.05) is 12.0 Å². The van der Waals surface area contributed by atoms with Crippen LogP contribution in [-0.4, -0.2) is 5.78 Å². The van der Waals surface area contributed by atoms with Gasteiger partial charge in [0.15, 0.2) is 5.78 Å². The summed E-state index contributed by atoms with van der Waals surface area (Å²) in [5.74, 6) is 0.963. The van der Waals surface area contributed by atoms with Gasteiger partial charge in [0.2, 0.25) is 0 Å². The summed E-state index contributed by atoms with van der Waals surface area (Å²) in [5, 5.41) is 0.599. The second kappa shape index (κ2) is 5.68. The van der Waals surface area contributed by atoms with Crippen LogP contribution in [0.2, 0.25) is 5.02 Å². The Labute approximate surface area is 108 Å². The zero-order valence-electron chi connectivity index (χ0n) is 10.3. The highest BCUT2D eigenvalue weighted by molar-refractivity contribution is 6.34. The number of ketones is 1. The van der Waals surface area contributed by atoms with Gasteiger partial charge in [-0.2, -0.15) is 0 Å². The van der Waals surface area contributed by atoms with Gasteiger partial charge in [-0.25, -0.2) is 0 Å². The topological polar surface area (TPSA) is 17.1 Å². The van der Waals surface area contributed by atoms with Crippen molar-refractivity contribution < 1.29 is 4.79 Å². The van der Waals surface area contributed by atoms with Crippen LogP contribution in [0.4, 0.5) is 0 Å². The van der Waals surface area contributed by atoms with E-state index in [0.717, 1.165) is 17.9 Å². The minimum atomic E-state index is 0.196. The first-order valence-corrected chi connectivity index (χ1v) is 6.84. The molecule has 0 saturated heterocycles. The number of rotatable bonds is 4. The number of hydrogen-bond acceptors (Lipinski definition) is 1. The Morgan fingerprint density at radius 3 is 2.71 bits per heavy atom. The van der Waals surface area contributed by atoms with Crippen LogP contribution in [0.5, 0.6) is 0 Å². The Hall–Kier alpha value is -0.820. The van der Waals surface area contributed by atoms with Crippen molar-refractivity contribution in [3.63, 3.8) is 0 Å². The number of aryl methyl sites for hydroxylation is 1. The minimum Gasteiger partial charge on any atom is -0.294 e. The smallest absolute Gasteiger partial charge is 0.164 e. The Bertz CT molecular complexity index is 405. The van der Waals surface area contributed by atoms with Gasteiger partial charge in [-0.1, -0.05) is 43.4 Å². The van der Waals surface area contributed by atoms with Gasteiger partial charge >= 0.3 is 0 Å². The first-order chi connectivity index (χ1) is 8.16. The highest BCUT2D eigenvalue weighted by atomic mass is 35.5. The fraction of sp³-hybridized carbons (Fsp3) is 0.533. The van der Waals surface area contributed by atoms with Crippen molar-refractivity contribution in [2.75, 3.05) is 0 Å². The summed E-state index contributed by atoms with van der Waals surface area (Å²) in [5.41, 5.74) is 1.79. The van der Waals surface area contributed by atoms with Crippen molar-refractivity contribution in [3.8, 4) is 0 Å². The number of benzene rings is 1. The molecule has 1 nitrogen and oxygen atoms in total. The largest absolute Gasteiger partial charge is 0.294 e. The molecule has 17 heavy (non-hydrogen) atoms. The molecule has 92 valence electrons. The van der Waals surface area contributed by atoms with E-state index in [1.54, 1.807) is 0 Å². The highest BCUT2D eigenvalue weighted by Crippen LogP contribution is 2.29. The fourth-order valence-corrected chi connectivity index (χ4v) is 2.96. The molecular formula is C15H19ClO. The molecule has 0 aromatic heterocycles. The van der Waals surface area contributed by atoms with E-state index < -0.39 is 0 Å². The lowest BCUT2D eigenvalue weighted by Crippen LogP contribution is -2.03. The van der Waals surface area contributed by atoms with Gasteiger partial charge in [0.25, 0.3) is 0 Å². The first kappa shape index (κ1) is 12.6. The van der Waals surface area contributed by atoms with Crippen molar-refractivity contribution in [3.05, 3.63) is 34.3 Å². The quantitative estimate of drug-likeness (QED) is 0.702. The van der Waals surface area contributed by atoms with Crippen molar-refractivity contribution in [1.82, 2.24) is 0 Å². The van der Waals surface area contributed by atoms with Crippen LogP contribution in [-0.2, 0) is 0 Å². The second-order valence-corrected chi connectivity index (χ2v) is 5.50. The van der Waals surface area contributed by atoms with Crippen molar-refractivity contribution >= 4 is 17.4 Å². The van der Waals surface area contributed by atoms with Crippen LogP contribution in [0.1, 0.15) is 54.4 Å². The molecular weight excluding hydrogens is 232 g/mol.